The van der Waals surface area contributed by atoms with Gasteiger partial charge in [0.15, 0.2) is 0 Å². The summed E-state index contributed by atoms with van der Waals surface area (Å²) in [5.41, 5.74) is 9.93. The molecule has 0 bridgehead atoms. The Morgan fingerprint density at radius 2 is 1.51 bits per heavy atom. The normalized spacial score (nSPS) is 12.7. The molecule has 0 aliphatic heterocycles. The Balaban J connectivity index is 0.969. The Kier molecular flexibility index (Phi) is 7.19. The van der Waals surface area contributed by atoms with E-state index in [2.05, 4.69) is 89.8 Å². The SMILES string of the molecule is [O-]C(=NCCc1cncn1Cc1ccc(-c2ccccc2-c2nn[nH]n2)cc1)OCC1c2ccccc2-c2ccccc21. The summed E-state index contributed by atoms with van der Waals surface area (Å²) >= 11 is 0. The van der Waals surface area contributed by atoms with Gasteiger partial charge in [-0.15, -0.1) is 10.2 Å². The number of H-pyrrole nitrogens is 1. The highest BCUT2D eigenvalue weighted by atomic mass is 16.6. The lowest BCUT2D eigenvalue weighted by molar-refractivity contribution is -0.251. The molecule has 0 saturated heterocycles. The third-order valence-electron chi connectivity index (χ3n) is 7.87. The number of aliphatic imine (C=N–C) groups is 1. The van der Waals surface area contributed by atoms with Crippen molar-refractivity contribution in [2.75, 3.05) is 13.2 Å². The van der Waals surface area contributed by atoms with E-state index in [-0.39, 0.29) is 12.5 Å². The molecule has 0 spiro atoms. The summed E-state index contributed by atoms with van der Waals surface area (Å²) in [7, 11) is 0. The van der Waals surface area contributed by atoms with Crippen LogP contribution in [0.25, 0.3) is 33.6 Å². The van der Waals surface area contributed by atoms with Crippen molar-refractivity contribution in [2.24, 2.45) is 4.99 Å². The highest BCUT2D eigenvalue weighted by Crippen LogP contribution is 2.44. The Hall–Kier alpha value is -5.57. The van der Waals surface area contributed by atoms with Gasteiger partial charge in [0.1, 0.15) is 6.08 Å². The summed E-state index contributed by atoms with van der Waals surface area (Å²) in [5, 5.41) is 27.0. The second-order valence-electron chi connectivity index (χ2n) is 10.4. The molecular formula is C34H28N7O2-. The van der Waals surface area contributed by atoms with Gasteiger partial charge >= 0.3 is 0 Å². The maximum atomic E-state index is 12.6. The van der Waals surface area contributed by atoms with Crippen LogP contribution in [0.2, 0.25) is 0 Å². The van der Waals surface area contributed by atoms with Crippen molar-refractivity contribution in [1.29, 1.82) is 0 Å². The first-order valence-electron chi connectivity index (χ1n) is 14.2. The van der Waals surface area contributed by atoms with Crippen molar-refractivity contribution < 1.29 is 9.84 Å². The molecule has 2 heterocycles. The van der Waals surface area contributed by atoms with Crippen molar-refractivity contribution in [3.8, 4) is 33.6 Å². The van der Waals surface area contributed by atoms with E-state index in [0.717, 1.165) is 27.9 Å². The van der Waals surface area contributed by atoms with Gasteiger partial charge in [0, 0.05) is 49.5 Å². The number of tetrazole rings is 1. The molecule has 212 valence electrons. The van der Waals surface area contributed by atoms with Gasteiger partial charge in [-0.1, -0.05) is 97.1 Å². The first-order chi connectivity index (χ1) is 21.2. The number of nitrogens with one attached hydrogen (secondary N) is 1. The number of ether oxygens (including phenoxy) is 1. The molecule has 0 unspecified atom stereocenters. The first-order valence-corrected chi connectivity index (χ1v) is 14.2. The Morgan fingerprint density at radius 3 is 2.21 bits per heavy atom. The highest BCUT2D eigenvalue weighted by Gasteiger charge is 2.26. The zero-order valence-corrected chi connectivity index (χ0v) is 23.3. The van der Waals surface area contributed by atoms with Crippen LogP contribution in [-0.2, 0) is 17.7 Å². The molecule has 0 saturated carbocycles. The number of hydrogen-bond donors (Lipinski definition) is 1. The van der Waals surface area contributed by atoms with Gasteiger partial charge in [0.05, 0.1) is 6.33 Å². The van der Waals surface area contributed by atoms with Gasteiger partial charge in [-0.2, -0.15) is 5.21 Å². The molecule has 2 aromatic heterocycles. The zero-order chi connectivity index (χ0) is 29.0. The van der Waals surface area contributed by atoms with Gasteiger partial charge in [0.25, 0.3) is 0 Å². The molecule has 4 aromatic carbocycles. The number of aromatic nitrogens is 6. The fourth-order valence-corrected chi connectivity index (χ4v) is 5.79. The number of hydrogen-bond acceptors (Lipinski definition) is 7. The minimum atomic E-state index is -0.537. The molecular weight excluding hydrogens is 538 g/mol. The average molecular weight is 567 g/mol. The summed E-state index contributed by atoms with van der Waals surface area (Å²) in [4.78, 5) is 8.51. The first kappa shape index (κ1) is 26.3. The number of benzene rings is 4. The van der Waals surface area contributed by atoms with Crippen LogP contribution in [0, 0.1) is 0 Å². The summed E-state index contributed by atoms with van der Waals surface area (Å²) in [6, 6.07) is 33.0. The van der Waals surface area contributed by atoms with Crippen LogP contribution in [-0.4, -0.2) is 49.4 Å². The third-order valence-corrected chi connectivity index (χ3v) is 7.87. The molecule has 9 heteroatoms. The number of nitrogens with zero attached hydrogens (tertiary/aromatic N) is 6. The molecule has 43 heavy (non-hydrogen) atoms. The van der Waals surface area contributed by atoms with Crippen molar-refractivity contribution in [3.63, 3.8) is 0 Å². The Labute approximate surface area is 248 Å². The van der Waals surface area contributed by atoms with Crippen LogP contribution >= 0.6 is 0 Å². The van der Waals surface area contributed by atoms with Crippen LogP contribution < -0.4 is 5.11 Å². The van der Waals surface area contributed by atoms with Gasteiger partial charge in [0.2, 0.25) is 5.82 Å². The molecule has 0 atom stereocenters. The van der Waals surface area contributed by atoms with Gasteiger partial charge in [-0.25, -0.2) is 4.98 Å². The predicted octanol–water partition coefficient (Wildman–Crippen LogP) is 4.87. The minimum Gasteiger partial charge on any atom is -0.599 e. The van der Waals surface area contributed by atoms with Crippen molar-refractivity contribution in [1.82, 2.24) is 30.2 Å². The van der Waals surface area contributed by atoms with Crippen molar-refractivity contribution in [3.05, 3.63) is 132 Å². The molecule has 7 rings (SSSR count). The van der Waals surface area contributed by atoms with E-state index in [9.17, 15) is 5.11 Å². The van der Waals surface area contributed by atoms with E-state index in [1.807, 2.05) is 55.0 Å². The van der Waals surface area contributed by atoms with Crippen LogP contribution in [0.3, 0.4) is 0 Å². The molecule has 1 N–H and O–H groups in total. The summed E-state index contributed by atoms with van der Waals surface area (Å²) in [5.74, 6) is 0.582. The van der Waals surface area contributed by atoms with Crippen molar-refractivity contribution in [2.45, 2.75) is 18.9 Å². The Bertz CT molecular complexity index is 1830. The quantitative estimate of drug-likeness (QED) is 0.197. The molecule has 0 fully saturated rings. The van der Waals surface area contributed by atoms with Gasteiger partial charge in [-0.05, 0) is 44.2 Å². The molecule has 1 aliphatic rings. The van der Waals surface area contributed by atoms with Crippen molar-refractivity contribution >= 4 is 6.08 Å². The maximum absolute atomic E-state index is 12.6. The lowest BCUT2D eigenvalue weighted by Gasteiger charge is -2.21. The van der Waals surface area contributed by atoms with Gasteiger partial charge < -0.3 is 14.4 Å². The number of fused-ring (bicyclic) bond motifs is 3. The third kappa shape index (κ3) is 5.40. The van der Waals surface area contributed by atoms with E-state index in [4.69, 9.17) is 4.74 Å². The zero-order valence-electron chi connectivity index (χ0n) is 23.3. The van der Waals surface area contributed by atoms with E-state index in [1.165, 1.54) is 22.3 Å². The average Bonchev–Trinajstić information content (AvgIpc) is 3.81. The van der Waals surface area contributed by atoms with E-state index < -0.39 is 6.08 Å². The number of rotatable bonds is 9. The topological polar surface area (TPSA) is 117 Å². The second kappa shape index (κ2) is 11.7. The minimum absolute atomic E-state index is 0.0202. The highest BCUT2D eigenvalue weighted by molar-refractivity contribution is 5.80. The Morgan fingerprint density at radius 1 is 0.837 bits per heavy atom. The summed E-state index contributed by atoms with van der Waals surface area (Å²) in [6.07, 6.45) is 3.68. The standard InChI is InChI=1S/C34H29N7O2/c42-34(43-21-32-29-10-4-2-8-27(29)28-9-3-5-11-30(28)32)36-18-17-25-19-35-22-41(25)20-23-13-15-24(16-14-23)26-7-1-6-12-31(26)33-37-39-40-38-33/h1-16,19,22,32H,17-18,20-21H2,(H,36,42)(H,37,38,39,40)/p-1. The number of aromatic amines is 1. The second-order valence-corrected chi connectivity index (χ2v) is 10.4. The predicted molar refractivity (Wildman–Crippen MR) is 162 cm³/mol. The lowest BCUT2D eigenvalue weighted by Crippen LogP contribution is -2.24. The largest absolute Gasteiger partial charge is 0.599 e. The number of imidazole rings is 1. The van der Waals surface area contributed by atoms with E-state index >= 15 is 0 Å². The fourth-order valence-electron chi connectivity index (χ4n) is 5.79. The summed E-state index contributed by atoms with van der Waals surface area (Å²) < 4.78 is 7.70. The van der Waals surface area contributed by atoms with Crippen LogP contribution in [0.15, 0.2) is 115 Å². The molecule has 6 aromatic rings. The lowest BCUT2D eigenvalue weighted by atomic mass is 9.98. The fraction of sp³-hybridized carbons (Fsp3) is 0.147. The van der Waals surface area contributed by atoms with Gasteiger partial charge in [-0.3, -0.25) is 4.99 Å². The molecule has 9 nitrogen and oxygen atoms in total. The van der Waals surface area contributed by atoms with Crippen LogP contribution in [0.5, 0.6) is 0 Å². The smallest absolute Gasteiger partial charge is 0.205 e. The monoisotopic (exact) mass is 566 g/mol. The molecule has 0 amide bonds. The molecule has 1 aliphatic carbocycles. The van der Waals surface area contributed by atoms with Crippen LogP contribution in [0.1, 0.15) is 28.3 Å². The maximum Gasteiger partial charge on any atom is 0.205 e. The van der Waals surface area contributed by atoms with E-state index in [0.29, 0.717) is 25.3 Å². The molecule has 0 radical (unpaired) electrons. The summed E-state index contributed by atoms with van der Waals surface area (Å²) in [6.45, 7) is 1.26. The van der Waals surface area contributed by atoms with Crippen LogP contribution in [0.4, 0.5) is 0 Å². The van der Waals surface area contributed by atoms with E-state index in [1.54, 1.807) is 0 Å².